The van der Waals surface area contributed by atoms with E-state index in [1.54, 1.807) is 45.0 Å². The minimum atomic E-state index is -2.41. The number of hydrogen-bond acceptors (Lipinski definition) is 6. The summed E-state index contributed by atoms with van der Waals surface area (Å²) in [6.07, 6.45) is 1.25. The molecule has 1 heterocycles. The van der Waals surface area contributed by atoms with E-state index in [2.05, 4.69) is 4.98 Å². The number of rotatable bonds is 5. The molecule has 0 spiro atoms. The van der Waals surface area contributed by atoms with Crippen LogP contribution in [0.4, 0.5) is 11.5 Å². The molecule has 0 amide bonds. The van der Waals surface area contributed by atoms with Crippen molar-refractivity contribution in [3.8, 4) is 11.5 Å². The van der Waals surface area contributed by atoms with Gasteiger partial charge in [-0.25, -0.2) is 0 Å². The third-order valence-corrected chi connectivity index (χ3v) is 4.03. The number of nitrogens with zero attached hydrogens (tertiary/aromatic N) is 3. The lowest BCUT2D eigenvalue weighted by Crippen LogP contribution is -2.42. The highest BCUT2D eigenvalue weighted by Gasteiger charge is 2.22. The summed E-state index contributed by atoms with van der Waals surface area (Å²) in [7, 11) is 0. The molecule has 0 saturated heterocycles. The van der Waals surface area contributed by atoms with Gasteiger partial charge in [0, 0.05) is 28.6 Å². The highest BCUT2D eigenvalue weighted by Crippen LogP contribution is 2.29. The Morgan fingerprint density at radius 2 is 1.71 bits per heavy atom. The first-order valence-corrected chi connectivity index (χ1v) is 7.99. The summed E-state index contributed by atoms with van der Waals surface area (Å²) in [6.45, 7) is 5.36. The quantitative estimate of drug-likeness (QED) is 0.465. The van der Waals surface area contributed by atoms with Gasteiger partial charge in [-0.15, -0.1) is 0 Å². The number of aromatic nitrogens is 1. The van der Waals surface area contributed by atoms with Crippen LogP contribution in [0.2, 0.25) is 0 Å². The molecule has 0 N–H and O–H groups in total. The molecule has 128 valence electrons. The average molecular weight is 350 g/mol. The van der Waals surface area contributed by atoms with Gasteiger partial charge in [0.15, 0.2) is 11.9 Å². The van der Waals surface area contributed by atoms with E-state index in [1.165, 1.54) is 22.6 Å². The molecule has 1 aromatic carbocycles. The van der Waals surface area contributed by atoms with Crippen molar-refractivity contribution in [2.24, 2.45) is 0 Å². The van der Waals surface area contributed by atoms with Crippen molar-refractivity contribution in [3.63, 3.8) is 0 Å². The highest BCUT2D eigenvalue weighted by atomic mass is 32.2. The van der Waals surface area contributed by atoms with Crippen molar-refractivity contribution in [2.75, 3.05) is 4.31 Å². The highest BCUT2D eigenvalue weighted by molar-refractivity contribution is 7.80. The Kier molecular flexibility index (Phi) is 5.15. The van der Waals surface area contributed by atoms with Crippen LogP contribution >= 0.6 is 0 Å². The molecular formula is C15H16N3O5S-. The van der Waals surface area contributed by atoms with Crippen LogP contribution in [0.3, 0.4) is 0 Å². The molecule has 0 aliphatic rings. The van der Waals surface area contributed by atoms with E-state index in [0.717, 1.165) is 0 Å². The SMILES string of the molecule is CC(C)(C)N(c1ccc(Oc2ccc([N+](=O)[O-])nc2)cc1)S(=O)[O-]. The van der Waals surface area contributed by atoms with Gasteiger partial charge in [0.1, 0.15) is 5.75 Å². The Bertz CT molecular complexity index is 741. The molecule has 2 rings (SSSR count). The van der Waals surface area contributed by atoms with Crippen molar-refractivity contribution < 1.29 is 18.4 Å². The van der Waals surface area contributed by atoms with Crippen LogP contribution in [0, 0.1) is 10.1 Å². The first-order valence-electron chi connectivity index (χ1n) is 6.96. The summed E-state index contributed by atoms with van der Waals surface area (Å²) in [5.41, 5.74) is -0.0953. The first-order chi connectivity index (χ1) is 11.2. The summed E-state index contributed by atoms with van der Waals surface area (Å²) in [5.74, 6) is 0.532. The van der Waals surface area contributed by atoms with E-state index >= 15 is 0 Å². The van der Waals surface area contributed by atoms with Gasteiger partial charge in [0.05, 0.1) is 0 Å². The molecule has 2 aromatic rings. The molecule has 0 aliphatic carbocycles. The predicted molar refractivity (Wildman–Crippen MR) is 88.6 cm³/mol. The van der Waals surface area contributed by atoms with Gasteiger partial charge in [-0.1, -0.05) is 0 Å². The lowest BCUT2D eigenvalue weighted by Gasteiger charge is -2.38. The molecule has 0 saturated carbocycles. The monoisotopic (exact) mass is 350 g/mol. The summed E-state index contributed by atoms with van der Waals surface area (Å²) < 4.78 is 29.7. The van der Waals surface area contributed by atoms with Crippen LogP contribution in [-0.2, 0) is 11.3 Å². The summed E-state index contributed by atoms with van der Waals surface area (Å²) >= 11 is -2.41. The van der Waals surface area contributed by atoms with Gasteiger partial charge >= 0.3 is 5.82 Å². The van der Waals surface area contributed by atoms with Crippen LogP contribution < -0.4 is 9.04 Å². The summed E-state index contributed by atoms with van der Waals surface area (Å²) in [5, 5.41) is 10.6. The topological polar surface area (TPSA) is 109 Å². The predicted octanol–water partition coefficient (Wildman–Crippen LogP) is 3.18. The number of nitro groups is 1. The van der Waals surface area contributed by atoms with Gasteiger partial charge in [-0.2, -0.15) is 0 Å². The van der Waals surface area contributed by atoms with Crippen molar-refractivity contribution >= 4 is 22.8 Å². The van der Waals surface area contributed by atoms with Crippen molar-refractivity contribution in [1.82, 2.24) is 4.98 Å². The van der Waals surface area contributed by atoms with Crippen molar-refractivity contribution in [3.05, 3.63) is 52.7 Å². The zero-order valence-electron chi connectivity index (χ0n) is 13.3. The number of anilines is 1. The number of ether oxygens (including phenoxy) is 1. The molecule has 0 fully saturated rings. The van der Waals surface area contributed by atoms with Crippen LogP contribution in [0.25, 0.3) is 0 Å². The van der Waals surface area contributed by atoms with E-state index in [4.69, 9.17) is 4.74 Å². The van der Waals surface area contributed by atoms with Crippen LogP contribution in [0.5, 0.6) is 11.5 Å². The molecule has 0 bridgehead atoms. The maximum absolute atomic E-state index is 11.4. The number of hydrogen-bond donors (Lipinski definition) is 0. The largest absolute Gasteiger partial charge is 0.755 e. The molecule has 1 aromatic heterocycles. The van der Waals surface area contributed by atoms with Gasteiger partial charge in [0.25, 0.3) is 0 Å². The van der Waals surface area contributed by atoms with Gasteiger partial charge in [-0.05, 0) is 61.0 Å². The molecule has 9 heteroatoms. The Balaban J connectivity index is 2.17. The Hall–Kier alpha value is -2.52. The normalized spacial score (nSPS) is 12.5. The fraction of sp³-hybridized carbons (Fsp3) is 0.267. The fourth-order valence-corrected chi connectivity index (χ4v) is 2.76. The Morgan fingerprint density at radius 3 is 2.12 bits per heavy atom. The standard InChI is InChI=1S/C15H17N3O5S/c1-15(2,3)17(24(21)22)11-4-6-12(7-5-11)23-13-8-9-14(16-10-13)18(19)20/h4-10H,1-3H3,(H,21,22)/p-1. The third-order valence-electron chi connectivity index (χ3n) is 2.97. The van der Waals surface area contributed by atoms with Crippen LogP contribution in [-0.4, -0.2) is 24.2 Å². The van der Waals surface area contributed by atoms with E-state index in [9.17, 15) is 18.9 Å². The Morgan fingerprint density at radius 1 is 1.12 bits per heavy atom. The van der Waals surface area contributed by atoms with Crippen LogP contribution in [0.1, 0.15) is 20.8 Å². The lowest BCUT2D eigenvalue weighted by atomic mass is 10.1. The minimum absolute atomic E-state index is 0.267. The molecule has 0 aliphatic heterocycles. The molecule has 1 unspecified atom stereocenters. The zero-order chi connectivity index (χ0) is 17.9. The van der Waals surface area contributed by atoms with Crippen molar-refractivity contribution in [2.45, 2.75) is 26.3 Å². The zero-order valence-corrected chi connectivity index (χ0v) is 14.1. The first kappa shape index (κ1) is 17.8. The third kappa shape index (κ3) is 4.27. The smallest absolute Gasteiger partial charge is 0.363 e. The summed E-state index contributed by atoms with van der Waals surface area (Å²) in [6, 6.07) is 9.15. The van der Waals surface area contributed by atoms with Gasteiger partial charge in [0.2, 0.25) is 0 Å². The second kappa shape index (κ2) is 6.93. The lowest BCUT2D eigenvalue weighted by molar-refractivity contribution is -0.389. The number of benzene rings is 1. The van der Waals surface area contributed by atoms with Gasteiger partial charge in [-0.3, -0.25) is 8.51 Å². The van der Waals surface area contributed by atoms with Crippen molar-refractivity contribution in [1.29, 1.82) is 0 Å². The number of pyridine rings is 1. The van der Waals surface area contributed by atoms with E-state index in [0.29, 0.717) is 17.2 Å². The maximum Gasteiger partial charge on any atom is 0.363 e. The van der Waals surface area contributed by atoms with Gasteiger partial charge < -0.3 is 19.4 Å². The van der Waals surface area contributed by atoms with E-state index < -0.39 is 21.7 Å². The molecule has 24 heavy (non-hydrogen) atoms. The summed E-state index contributed by atoms with van der Waals surface area (Å²) in [4.78, 5) is 13.6. The minimum Gasteiger partial charge on any atom is -0.755 e. The van der Waals surface area contributed by atoms with Crippen LogP contribution in [0.15, 0.2) is 42.6 Å². The van der Waals surface area contributed by atoms with E-state index in [1.807, 2.05) is 0 Å². The molecule has 8 nitrogen and oxygen atoms in total. The maximum atomic E-state index is 11.4. The van der Waals surface area contributed by atoms with E-state index in [-0.39, 0.29) is 5.82 Å². The molecular weight excluding hydrogens is 334 g/mol. The molecule has 1 atom stereocenters. The second-order valence-corrected chi connectivity index (χ2v) is 6.69. The molecule has 0 radical (unpaired) electrons. The Labute approximate surface area is 141 Å². The second-order valence-electron chi connectivity index (χ2n) is 5.89. The average Bonchev–Trinajstić information content (AvgIpc) is 2.48. The fourth-order valence-electron chi connectivity index (χ4n) is 2.02.